The third kappa shape index (κ3) is 3.68. The second kappa shape index (κ2) is 6.83. The van der Waals surface area contributed by atoms with Crippen LogP contribution in [0.1, 0.15) is 5.56 Å². The molecule has 0 atom stereocenters. The molecule has 0 unspecified atom stereocenters. The summed E-state index contributed by atoms with van der Waals surface area (Å²) in [6.07, 6.45) is 3.56. The van der Waals surface area contributed by atoms with Crippen LogP contribution in [0.3, 0.4) is 0 Å². The minimum Gasteiger partial charge on any atom is -0.495 e. The van der Waals surface area contributed by atoms with Crippen LogP contribution in [-0.4, -0.2) is 28.7 Å². The maximum atomic E-state index is 12.1. The van der Waals surface area contributed by atoms with Gasteiger partial charge < -0.3 is 9.64 Å². The minimum atomic E-state index is -0.204. The molecule has 0 aliphatic carbocycles. The number of benzene rings is 1. The third-order valence-electron chi connectivity index (χ3n) is 2.96. The standard InChI is InChI=1S/C14H15Cl2N3O2/c1-18-8-10(7-17-18)9-19(14(20)6-15)11-3-4-12(16)13(5-11)21-2/h3-5,7-8H,6,9H2,1-2H3. The van der Waals surface area contributed by atoms with Gasteiger partial charge in [0.1, 0.15) is 11.6 Å². The van der Waals surface area contributed by atoms with Gasteiger partial charge in [-0.05, 0) is 12.1 Å². The number of ether oxygens (including phenoxy) is 1. The Labute approximate surface area is 133 Å². The predicted octanol–water partition coefficient (Wildman–Crippen LogP) is 2.85. The number of halogens is 2. The van der Waals surface area contributed by atoms with Gasteiger partial charge in [0.05, 0.1) is 24.9 Å². The quantitative estimate of drug-likeness (QED) is 0.793. The fourth-order valence-corrected chi connectivity index (χ4v) is 2.29. The van der Waals surface area contributed by atoms with Crippen molar-refractivity contribution in [2.75, 3.05) is 17.9 Å². The number of amides is 1. The van der Waals surface area contributed by atoms with E-state index in [2.05, 4.69) is 5.10 Å². The molecule has 5 nitrogen and oxygen atoms in total. The van der Waals surface area contributed by atoms with Crippen LogP contribution in [0.15, 0.2) is 30.6 Å². The zero-order valence-electron chi connectivity index (χ0n) is 11.7. The number of aromatic nitrogens is 2. The number of rotatable bonds is 5. The Morgan fingerprint density at radius 2 is 2.24 bits per heavy atom. The van der Waals surface area contributed by atoms with Gasteiger partial charge >= 0.3 is 0 Å². The first-order valence-electron chi connectivity index (χ1n) is 6.22. The molecule has 1 heterocycles. The van der Waals surface area contributed by atoms with Crippen molar-refractivity contribution in [3.05, 3.63) is 41.2 Å². The van der Waals surface area contributed by atoms with Gasteiger partial charge in [-0.1, -0.05) is 11.6 Å². The van der Waals surface area contributed by atoms with Gasteiger partial charge in [-0.3, -0.25) is 9.48 Å². The van der Waals surface area contributed by atoms with Crippen LogP contribution >= 0.6 is 23.2 Å². The molecule has 2 rings (SSSR count). The molecule has 0 aliphatic rings. The Bertz CT molecular complexity index is 643. The summed E-state index contributed by atoms with van der Waals surface area (Å²) in [6.45, 7) is 0.379. The lowest BCUT2D eigenvalue weighted by Gasteiger charge is -2.22. The van der Waals surface area contributed by atoms with Crippen LogP contribution in [0.25, 0.3) is 0 Å². The first-order valence-corrected chi connectivity index (χ1v) is 7.13. The predicted molar refractivity (Wildman–Crippen MR) is 83.1 cm³/mol. The molecule has 21 heavy (non-hydrogen) atoms. The number of carbonyl (C=O) groups excluding carboxylic acids is 1. The number of hydrogen-bond acceptors (Lipinski definition) is 3. The zero-order valence-corrected chi connectivity index (χ0v) is 13.2. The van der Waals surface area contributed by atoms with Crippen LogP contribution in [0.2, 0.25) is 5.02 Å². The molecule has 0 saturated heterocycles. The van der Waals surface area contributed by atoms with Crippen LogP contribution < -0.4 is 9.64 Å². The Morgan fingerprint density at radius 1 is 1.48 bits per heavy atom. The number of methoxy groups -OCH3 is 1. The Morgan fingerprint density at radius 3 is 2.81 bits per heavy atom. The van der Waals surface area contributed by atoms with Gasteiger partial charge in [-0.15, -0.1) is 11.6 Å². The second-order valence-corrected chi connectivity index (χ2v) is 5.13. The molecule has 7 heteroatoms. The van der Waals surface area contributed by atoms with Gasteiger partial charge in [0.25, 0.3) is 0 Å². The highest BCUT2D eigenvalue weighted by Gasteiger charge is 2.17. The minimum absolute atomic E-state index is 0.106. The van der Waals surface area contributed by atoms with Crippen molar-refractivity contribution in [1.29, 1.82) is 0 Å². The summed E-state index contributed by atoms with van der Waals surface area (Å²) in [4.78, 5) is 13.7. The summed E-state index contributed by atoms with van der Waals surface area (Å²) in [5, 5.41) is 4.58. The molecule has 0 saturated carbocycles. The van der Waals surface area contributed by atoms with E-state index in [1.54, 1.807) is 34.0 Å². The third-order valence-corrected chi connectivity index (χ3v) is 3.50. The van der Waals surface area contributed by atoms with Crippen molar-refractivity contribution < 1.29 is 9.53 Å². The largest absolute Gasteiger partial charge is 0.495 e. The SMILES string of the molecule is COc1cc(N(Cc2cnn(C)c2)C(=O)CCl)ccc1Cl. The molecule has 0 radical (unpaired) electrons. The molecule has 0 fully saturated rings. The first kappa shape index (κ1) is 15.7. The van der Waals surface area contributed by atoms with Crippen LogP contribution in [0, 0.1) is 0 Å². The lowest BCUT2D eigenvalue weighted by atomic mass is 10.2. The molecule has 0 N–H and O–H groups in total. The van der Waals surface area contributed by atoms with Crippen LogP contribution in [-0.2, 0) is 18.4 Å². The fourth-order valence-electron chi connectivity index (χ4n) is 1.95. The molecule has 1 aromatic heterocycles. The van der Waals surface area contributed by atoms with Crippen molar-refractivity contribution in [2.24, 2.45) is 7.05 Å². The molecule has 0 spiro atoms. The Kier molecular flexibility index (Phi) is 5.09. The summed E-state index contributed by atoms with van der Waals surface area (Å²) >= 11 is 11.7. The number of anilines is 1. The van der Waals surface area contributed by atoms with Gasteiger partial charge in [0, 0.05) is 30.6 Å². The van der Waals surface area contributed by atoms with E-state index in [1.807, 2.05) is 13.2 Å². The average molecular weight is 328 g/mol. The summed E-state index contributed by atoms with van der Waals surface area (Å²) in [6, 6.07) is 5.16. The van der Waals surface area contributed by atoms with E-state index in [0.29, 0.717) is 23.0 Å². The monoisotopic (exact) mass is 327 g/mol. The Hall–Kier alpha value is -1.72. The van der Waals surface area contributed by atoms with Crippen molar-refractivity contribution in [1.82, 2.24) is 9.78 Å². The van der Waals surface area contributed by atoms with Crippen molar-refractivity contribution in [3.63, 3.8) is 0 Å². The molecule has 112 valence electrons. The molecule has 2 aromatic rings. The lowest BCUT2D eigenvalue weighted by Crippen LogP contribution is -2.31. The summed E-state index contributed by atoms with van der Waals surface area (Å²) in [7, 11) is 3.35. The maximum absolute atomic E-state index is 12.1. The van der Waals surface area contributed by atoms with E-state index in [-0.39, 0.29) is 11.8 Å². The molecule has 0 aliphatic heterocycles. The van der Waals surface area contributed by atoms with Crippen molar-refractivity contribution >= 4 is 34.8 Å². The van der Waals surface area contributed by atoms with Crippen molar-refractivity contribution in [2.45, 2.75) is 6.54 Å². The van der Waals surface area contributed by atoms with Crippen molar-refractivity contribution in [3.8, 4) is 5.75 Å². The van der Waals surface area contributed by atoms with Crippen LogP contribution in [0.4, 0.5) is 5.69 Å². The number of hydrogen-bond donors (Lipinski definition) is 0. The summed E-state index contributed by atoms with van der Waals surface area (Å²) < 4.78 is 6.87. The van der Waals surface area contributed by atoms with Crippen LogP contribution in [0.5, 0.6) is 5.75 Å². The average Bonchev–Trinajstić information content (AvgIpc) is 2.90. The number of nitrogens with zero attached hydrogens (tertiary/aromatic N) is 3. The molecule has 1 aromatic carbocycles. The van der Waals surface area contributed by atoms with E-state index < -0.39 is 0 Å². The van der Waals surface area contributed by atoms with E-state index in [1.165, 1.54) is 7.11 Å². The molecule has 1 amide bonds. The topological polar surface area (TPSA) is 47.4 Å². The normalized spacial score (nSPS) is 10.5. The van der Waals surface area contributed by atoms with Gasteiger partial charge in [0.15, 0.2) is 0 Å². The van der Waals surface area contributed by atoms with E-state index in [0.717, 1.165) is 5.56 Å². The molecular weight excluding hydrogens is 313 g/mol. The number of carbonyl (C=O) groups is 1. The number of aryl methyl sites for hydroxylation is 1. The zero-order chi connectivity index (χ0) is 15.4. The summed E-state index contributed by atoms with van der Waals surface area (Å²) in [5.41, 5.74) is 1.58. The highest BCUT2D eigenvalue weighted by atomic mass is 35.5. The maximum Gasteiger partial charge on any atom is 0.242 e. The van der Waals surface area contributed by atoms with E-state index >= 15 is 0 Å². The highest BCUT2D eigenvalue weighted by molar-refractivity contribution is 6.32. The smallest absolute Gasteiger partial charge is 0.242 e. The van der Waals surface area contributed by atoms with E-state index in [4.69, 9.17) is 27.9 Å². The Balaban J connectivity index is 2.33. The van der Waals surface area contributed by atoms with Gasteiger partial charge in [-0.2, -0.15) is 5.10 Å². The molecule has 0 bridgehead atoms. The highest BCUT2D eigenvalue weighted by Crippen LogP contribution is 2.30. The van der Waals surface area contributed by atoms with E-state index in [9.17, 15) is 4.79 Å². The first-order chi connectivity index (χ1) is 10.0. The summed E-state index contributed by atoms with van der Waals surface area (Å²) in [5.74, 6) is 0.197. The number of alkyl halides is 1. The van der Waals surface area contributed by atoms with Gasteiger partial charge in [-0.25, -0.2) is 0 Å². The fraction of sp³-hybridized carbons (Fsp3) is 0.286. The second-order valence-electron chi connectivity index (χ2n) is 4.45. The lowest BCUT2D eigenvalue weighted by molar-refractivity contribution is -0.116. The molecular formula is C14H15Cl2N3O2. The van der Waals surface area contributed by atoms with Gasteiger partial charge in [0.2, 0.25) is 5.91 Å².